The Balaban J connectivity index is 1.67. The van der Waals surface area contributed by atoms with Crippen LogP contribution in [-0.4, -0.2) is 43.3 Å². The third-order valence-electron chi connectivity index (χ3n) is 5.06. The molecule has 5 nitrogen and oxygen atoms in total. The van der Waals surface area contributed by atoms with Gasteiger partial charge in [0.05, 0.1) is 25.1 Å². The van der Waals surface area contributed by atoms with Crippen molar-refractivity contribution in [2.75, 3.05) is 31.3 Å². The van der Waals surface area contributed by atoms with Crippen molar-refractivity contribution < 1.29 is 14.3 Å². The first-order valence-corrected chi connectivity index (χ1v) is 8.66. The van der Waals surface area contributed by atoms with Crippen LogP contribution in [0.1, 0.15) is 38.2 Å². The highest BCUT2D eigenvalue weighted by Gasteiger charge is 2.56. The van der Waals surface area contributed by atoms with Gasteiger partial charge in [-0.15, -0.1) is 0 Å². The molecule has 0 bridgehead atoms. The van der Waals surface area contributed by atoms with Crippen LogP contribution in [0.2, 0.25) is 0 Å². The largest absolute Gasteiger partial charge is 0.338 e. The molecule has 5 heteroatoms. The molecule has 1 aromatic rings. The smallest absolute Gasteiger partial charge is 0.293 e. The van der Waals surface area contributed by atoms with E-state index in [1.54, 1.807) is 0 Å². The van der Waals surface area contributed by atoms with Crippen LogP contribution in [0.5, 0.6) is 0 Å². The molecular formula is C18H24N2O3. The second-order valence-corrected chi connectivity index (χ2v) is 6.75. The molecule has 4 rings (SSSR count). The fourth-order valence-corrected chi connectivity index (χ4v) is 3.83. The monoisotopic (exact) mass is 316 g/mol. The van der Waals surface area contributed by atoms with Gasteiger partial charge in [-0.2, -0.15) is 0 Å². The summed E-state index contributed by atoms with van der Waals surface area (Å²) in [6.45, 7) is 5.29. The minimum Gasteiger partial charge on any atom is -0.338 e. The van der Waals surface area contributed by atoms with E-state index in [0.717, 1.165) is 30.8 Å². The Labute approximate surface area is 137 Å². The van der Waals surface area contributed by atoms with Crippen LogP contribution in [0, 0.1) is 0 Å². The number of likely N-dealkylation sites (tertiary alicyclic amines) is 1. The van der Waals surface area contributed by atoms with Gasteiger partial charge in [-0.1, -0.05) is 24.6 Å². The van der Waals surface area contributed by atoms with Crippen LogP contribution >= 0.6 is 0 Å². The van der Waals surface area contributed by atoms with Crippen LogP contribution in [0.3, 0.4) is 0 Å². The molecule has 1 spiro atoms. The molecule has 124 valence electrons. The van der Waals surface area contributed by atoms with Gasteiger partial charge in [-0.25, -0.2) is 0 Å². The average molecular weight is 316 g/mol. The summed E-state index contributed by atoms with van der Waals surface area (Å²) in [7, 11) is 0. The Kier molecular flexibility index (Phi) is 3.87. The van der Waals surface area contributed by atoms with Gasteiger partial charge in [0.15, 0.2) is 0 Å². The van der Waals surface area contributed by atoms with Crippen molar-refractivity contribution in [1.82, 2.24) is 4.90 Å². The molecule has 0 aliphatic carbocycles. The summed E-state index contributed by atoms with van der Waals surface area (Å²) in [4.78, 5) is 17.4. The summed E-state index contributed by atoms with van der Waals surface area (Å²) in [5.74, 6) is -1.31. The highest BCUT2D eigenvalue weighted by molar-refractivity contribution is 6.06. The minimum absolute atomic E-state index is 0.0238. The molecule has 1 amide bonds. The molecule has 3 aliphatic rings. The van der Waals surface area contributed by atoms with E-state index in [2.05, 4.69) is 4.90 Å². The quantitative estimate of drug-likeness (QED) is 0.840. The number of nitrogens with zero attached hydrogens (tertiary/aromatic N) is 2. The van der Waals surface area contributed by atoms with Gasteiger partial charge >= 0.3 is 0 Å². The van der Waals surface area contributed by atoms with Crippen molar-refractivity contribution in [2.45, 2.75) is 44.5 Å². The molecule has 0 aromatic heterocycles. The molecule has 0 N–H and O–H groups in total. The van der Waals surface area contributed by atoms with E-state index in [4.69, 9.17) is 9.47 Å². The van der Waals surface area contributed by atoms with Crippen molar-refractivity contribution in [1.29, 1.82) is 0 Å². The zero-order valence-electron chi connectivity index (χ0n) is 13.7. The molecule has 2 fully saturated rings. The SMILES string of the molecule is C[C@H]1CCO[C@]2(O1)C(=O)N(CN1CCCCC1)c1ccccc12. The predicted molar refractivity (Wildman–Crippen MR) is 87.0 cm³/mol. The standard InChI is InChI=1S/C18H24N2O3/c1-14-9-12-22-18(23-14)15-7-3-4-8-16(15)20(17(18)21)13-19-10-5-2-6-11-19/h3-4,7-8,14H,2,5-6,9-13H2,1H3/t14-,18+/m0/s1. The van der Waals surface area contributed by atoms with Gasteiger partial charge < -0.3 is 9.47 Å². The van der Waals surface area contributed by atoms with Crippen LogP contribution in [-0.2, 0) is 20.1 Å². The third-order valence-corrected chi connectivity index (χ3v) is 5.06. The number of carbonyl (C=O) groups excluding carboxylic acids is 1. The number of ether oxygens (including phenoxy) is 2. The molecule has 1 aromatic carbocycles. The topological polar surface area (TPSA) is 42.0 Å². The van der Waals surface area contributed by atoms with Crippen molar-refractivity contribution in [2.24, 2.45) is 0 Å². The number of amides is 1. The Morgan fingerprint density at radius 1 is 1.22 bits per heavy atom. The Hall–Kier alpha value is -1.43. The van der Waals surface area contributed by atoms with E-state index >= 15 is 0 Å². The average Bonchev–Trinajstić information content (AvgIpc) is 2.79. The first-order chi connectivity index (χ1) is 11.2. The van der Waals surface area contributed by atoms with Gasteiger partial charge in [0.1, 0.15) is 0 Å². The number of hydrogen-bond donors (Lipinski definition) is 0. The zero-order chi connectivity index (χ0) is 15.9. The van der Waals surface area contributed by atoms with Crippen molar-refractivity contribution in [3.05, 3.63) is 29.8 Å². The number of piperidine rings is 1. The van der Waals surface area contributed by atoms with Crippen LogP contribution in [0.25, 0.3) is 0 Å². The van der Waals surface area contributed by atoms with E-state index in [9.17, 15) is 4.79 Å². The maximum absolute atomic E-state index is 13.2. The normalized spacial score (nSPS) is 31.6. The lowest BCUT2D eigenvalue weighted by Crippen LogP contribution is -2.51. The minimum atomic E-state index is -1.23. The summed E-state index contributed by atoms with van der Waals surface area (Å²) in [5.41, 5.74) is 1.78. The molecule has 3 aliphatic heterocycles. The first-order valence-electron chi connectivity index (χ1n) is 8.66. The Morgan fingerprint density at radius 3 is 2.78 bits per heavy atom. The molecule has 0 saturated carbocycles. The second kappa shape index (κ2) is 5.89. The van der Waals surface area contributed by atoms with E-state index in [1.165, 1.54) is 19.3 Å². The number of fused-ring (bicyclic) bond motifs is 2. The lowest BCUT2D eigenvalue weighted by molar-refractivity contribution is -0.277. The van der Waals surface area contributed by atoms with Crippen molar-refractivity contribution in [3.63, 3.8) is 0 Å². The van der Waals surface area contributed by atoms with Gasteiger partial charge in [-0.3, -0.25) is 14.6 Å². The van der Waals surface area contributed by atoms with E-state index < -0.39 is 5.79 Å². The fourth-order valence-electron chi connectivity index (χ4n) is 3.83. The molecule has 0 unspecified atom stereocenters. The summed E-state index contributed by atoms with van der Waals surface area (Å²) in [5, 5.41) is 0. The summed E-state index contributed by atoms with van der Waals surface area (Å²) >= 11 is 0. The van der Waals surface area contributed by atoms with Crippen LogP contribution in [0.15, 0.2) is 24.3 Å². The molecule has 2 saturated heterocycles. The van der Waals surface area contributed by atoms with Crippen LogP contribution in [0.4, 0.5) is 5.69 Å². The number of carbonyl (C=O) groups is 1. The van der Waals surface area contributed by atoms with Gasteiger partial charge in [-0.05, 0) is 45.3 Å². The lowest BCUT2D eigenvalue weighted by Gasteiger charge is -2.37. The first kappa shape index (κ1) is 15.1. The zero-order valence-corrected chi connectivity index (χ0v) is 13.7. The Morgan fingerprint density at radius 2 is 2.00 bits per heavy atom. The number of para-hydroxylation sites is 1. The highest BCUT2D eigenvalue weighted by atomic mass is 16.7. The lowest BCUT2D eigenvalue weighted by atomic mass is 10.1. The molecule has 23 heavy (non-hydrogen) atoms. The Bertz CT molecular complexity index is 600. The number of hydrogen-bond acceptors (Lipinski definition) is 4. The van der Waals surface area contributed by atoms with Gasteiger partial charge in [0, 0.05) is 5.56 Å². The molecule has 3 heterocycles. The maximum Gasteiger partial charge on any atom is 0.293 e. The van der Waals surface area contributed by atoms with Crippen molar-refractivity contribution >= 4 is 11.6 Å². The third kappa shape index (κ3) is 2.47. The molecule has 0 radical (unpaired) electrons. The molecular weight excluding hydrogens is 292 g/mol. The predicted octanol–water partition coefficient (Wildman–Crippen LogP) is 2.45. The van der Waals surface area contributed by atoms with Crippen molar-refractivity contribution in [3.8, 4) is 0 Å². The summed E-state index contributed by atoms with van der Waals surface area (Å²) in [6, 6.07) is 7.88. The van der Waals surface area contributed by atoms with E-state index in [0.29, 0.717) is 13.3 Å². The second-order valence-electron chi connectivity index (χ2n) is 6.75. The summed E-state index contributed by atoms with van der Waals surface area (Å²) in [6.07, 6.45) is 4.55. The van der Waals surface area contributed by atoms with Gasteiger partial charge in [0.25, 0.3) is 11.7 Å². The number of anilines is 1. The number of rotatable bonds is 2. The van der Waals surface area contributed by atoms with Gasteiger partial charge in [0.2, 0.25) is 0 Å². The summed E-state index contributed by atoms with van der Waals surface area (Å²) < 4.78 is 12.0. The van der Waals surface area contributed by atoms with E-state index in [1.807, 2.05) is 36.1 Å². The number of benzene rings is 1. The maximum atomic E-state index is 13.2. The molecule has 2 atom stereocenters. The highest BCUT2D eigenvalue weighted by Crippen LogP contribution is 2.46. The van der Waals surface area contributed by atoms with Crippen LogP contribution < -0.4 is 4.90 Å². The van der Waals surface area contributed by atoms with E-state index in [-0.39, 0.29) is 12.0 Å². The fraction of sp³-hybridized carbons (Fsp3) is 0.611.